The first kappa shape index (κ1) is 15.3. The van der Waals surface area contributed by atoms with Crippen LogP contribution in [0.25, 0.3) is 0 Å². The van der Waals surface area contributed by atoms with Gasteiger partial charge in [0, 0.05) is 13.1 Å². The molecule has 0 aliphatic heterocycles. The molecule has 0 radical (unpaired) electrons. The van der Waals surface area contributed by atoms with E-state index >= 15 is 0 Å². The fourth-order valence-corrected chi connectivity index (χ4v) is 4.48. The monoisotopic (exact) mass is 316 g/mol. The second-order valence-corrected chi connectivity index (χ2v) is 7.34. The first-order chi connectivity index (χ1) is 9.35. The van der Waals surface area contributed by atoms with Crippen LogP contribution in [0.2, 0.25) is 0 Å². The van der Waals surface area contributed by atoms with E-state index in [0.29, 0.717) is 0 Å². The Morgan fingerprint density at radius 1 is 1.40 bits per heavy atom. The third-order valence-electron chi connectivity index (χ3n) is 3.72. The van der Waals surface area contributed by atoms with Crippen LogP contribution < -0.4 is 5.73 Å². The van der Waals surface area contributed by atoms with E-state index in [1.165, 1.54) is 23.5 Å². The number of nitrogens with two attached hydrogens (primary N) is 1. The molecule has 20 heavy (non-hydrogen) atoms. The molecular formula is C13H17FN2O2S2. The van der Waals surface area contributed by atoms with Gasteiger partial charge in [-0.3, -0.25) is 0 Å². The minimum absolute atomic E-state index is 0.0394. The normalized spacial score (nSPS) is 16.8. The average Bonchev–Trinajstić information content (AvgIpc) is 2.90. The summed E-state index contributed by atoms with van der Waals surface area (Å²) in [5.41, 5.74) is 5.27. The van der Waals surface area contributed by atoms with Crippen LogP contribution in [0.3, 0.4) is 0 Å². The number of sulfonamides is 1. The summed E-state index contributed by atoms with van der Waals surface area (Å²) in [4.78, 5) is -0.402. The summed E-state index contributed by atoms with van der Waals surface area (Å²) in [5, 5.41) is 0. The van der Waals surface area contributed by atoms with Crippen molar-refractivity contribution in [1.29, 1.82) is 0 Å². The number of rotatable bonds is 4. The van der Waals surface area contributed by atoms with Gasteiger partial charge in [0.25, 0.3) is 0 Å². The van der Waals surface area contributed by atoms with Crippen LogP contribution in [0, 0.1) is 5.82 Å². The summed E-state index contributed by atoms with van der Waals surface area (Å²) in [7, 11) is -2.27. The van der Waals surface area contributed by atoms with Crippen LogP contribution in [-0.4, -0.2) is 30.8 Å². The van der Waals surface area contributed by atoms with Crippen molar-refractivity contribution in [3.8, 4) is 0 Å². The van der Waals surface area contributed by atoms with Gasteiger partial charge in [0.2, 0.25) is 10.0 Å². The van der Waals surface area contributed by atoms with Gasteiger partial charge in [-0.1, -0.05) is 31.1 Å². The fourth-order valence-electron chi connectivity index (χ4n) is 2.58. The molecule has 2 rings (SSSR count). The maximum atomic E-state index is 13.8. The van der Waals surface area contributed by atoms with Crippen LogP contribution >= 0.6 is 12.2 Å². The van der Waals surface area contributed by atoms with E-state index < -0.39 is 15.8 Å². The summed E-state index contributed by atoms with van der Waals surface area (Å²) in [6, 6.07) is 3.82. The van der Waals surface area contributed by atoms with Crippen LogP contribution in [0.4, 0.5) is 4.39 Å². The molecule has 0 unspecified atom stereocenters. The van der Waals surface area contributed by atoms with Gasteiger partial charge in [0.05, 0.1) is 10.5 Å². The molecule has 110 valence electrons. The van der Waals surface area contributed by atoms with Gasteiger partial charge < -0.3 is 5.73 Å². The predicted molar refractivity (Wildman–Crippen MR) is 79.5 cm³/mol. The zero-order chi connectivity index (χ0) is 14.9. The Labute approximate surface area is 123 Å². The number of halogens is 1. The molecule has 0 bridgehead atoms. The number of nitrogens with zero attached hydrogens (tertiary/aromatic N) is 1. The average molecular weight is 316 g/mol. The molecular weight excluding hydrogens is 299 g/mol. The van der Waals surface area contributed by atoms with Gasteiger partial charge >= 0.3 is 0 Å². The van der Waals surface area contributed by atoms with Crippen molar-refractivity contribution in [2.45, 2.75) is 36.6 Å². The fraction of sp³-hybridized carbons (Fsp3) is 0.462. The van der Waals surface area contributed by atoms with E-state index in [4.69, 9.17) is 18.0 Å². The highest BCUT2D eigenvalue weighted by atomic mass is 32.2. The largest absolute Gasteiger partial charge is 0.389 e. The van der Waals surface area contributed by atoms with E-state index in [0.717, 1.165) is 31.7 Å². The topological polar surface area (TPSA) is 63.4 Å². The SMILES string of the molecule is CN(C1CCCC1)S(=O)(=O)c1cccc(F)c1C(N)=S. The highest BCUT2D eigenvalue weighted by Crippen LogP contribution is 2.29. The van der Waals surface area contributed by atoms with Gasteiger partial charge in [-0.2, -0.15) is 4.31 Å². The molecule has 0 heterocycles. The number of hydrogen-bond donors (Lipinski definition) is 1. The summed E-state index contributed by atoms with van der Waals surface area (Å²) in [5.74, 6) is -0.710. The van der Waals surface area contributed by atoms with Crippen molar-refractivity contribution >= 4 is 27.2 Å². The van der Waals surface area contributed by atoms with Crippen molar-refractivity contribution in [2.75, 3.05) is 7.05 Å². The second kappa shape index (κ2) is 5.75. The lowest BCUT2D eigenvalue weighted by atomic mass is 10.2. The van der Waals surface area contributed by atoms with Gasteiger partial charge in [-0.05, 0) is 25.0 Å². The van der Waals surface area contributed by atoms with Crippen molar-refractivity contribution in [1.82, 2.24) is 4.31 Å². The minimum Gasteiger partial charge on any atom is -0.389 e. The van der Waals surface area contributed by atoms with Gasteiger partial charge in [0.1, 0.15) is 10.8 Å². The Kier molecular flexibility index (Phi) is 4.41. The Morgan fingerprint density at radius 3 is 2.55 bits per heavy atom. The molecule has 1 aliphatic carbocycles. The van der Waals surface area contributed by atoms with E-state index in [1.54, 1.807) is 0 Å². The van der Waals surface area contributed by atoms with Crippen LogP contribution in [-0.2, 0) is 10.0 Å². The third kappa shape index (κ3) is 2.70. The highest BCUT2D eigenvalue weighted by molar-refractivity contribution is 7.89. The van der Waals surface area contributed by atoms with Gasteiger partial charge in [0.15, 0.2) is 0 Å². The Balaban J connectivity index is 2.49. The number of hydrogen-bond acceptors (Lipinski definition) is 3. The Bertz CT molecular complexity index is 625. The van der Waals surface area contributed by atoms with E-state index in [2.05, 4.69) is 0 Å². The molecule has 0 saturated heterocycles. The molecule has 0 atom stereocenters. The minimum atomic E-state index is -3.79. The van der Waals surface area contributed by atoms with Gasteiger partial charge in [-0.15, -0.1) is 0 Å². The molecule has 0 amide bonds. The van der Waals surface area contributed by atoms with Crippen LogP contribution in [0.5, 0.6) is 0 Å². The summed E-state index contributed by atoms with van der Waals surface area (Å²) < 4.78 is 40.4. The Morgan fingerprint density at radius 2 is 2.00 bits per heavy atom. The van der Waals surface area contributed by atoms with Crippen molar-refractivity contribution in [2.24, 2.45) is 5.73 Å². The van der Waals surface area contributed by atoms with E-state index in [9.17, 15) is 12.8 Å². The maximum absolute atomic E-state index is 13.8. The smallest absolute Gasteiger partial charge is 0.243 e. The lowest BCUT2D eigenvalue weighted by Gasteiger charge is -2.24. The van der Waals surface area contributed by atoms with Crippen molar-refractivity contribution < 1.29 is 12.8 Å². The van der Waals surface area contributed by atoms with E-state index in [1.807, 2.05) is 0 Å². The highest BCUT2D eigenvalue weighted by Gasteiger charge is 2.32. The molecule has 7 heteroatoms. The molecule has 2 N–H and O–H groups in total. The molecule has 1 aliphatic rings. The van der Waals surface area contributed by atoms with Crippen LogP contribution in [0.15, 0.2) is 23.1 Å². The lowest BCUT2D eigenvalue weighted by Crippen LogP contribution is -2.36. The number of benzene rings is 1. The summed E-state index contributed by atoms with van der Waals surface area (Å²) in [6.45, 7) is 0. The predicted octanol–water partition coefficient (Wildman–Crippen LogP) is 2.02. The molecule has 0 aromatic heterocycles. The second-order valence-electron chi connectivity index (χ2n) is 4.94. The third-order valence-corrected chi connectivity index (χ3v) is 5.87. The zero-order valence-corrected chi connectivity index (χ0v) is 12.8. The molecule has 1 aromatic carbocycles. The summed E-state index contributed by atoms with van der Waals surface area (Å²) in [6.07, 6.45) is 3.67. The number of thiocarbonyl (C=S) groups is 1. The quantitative estimate of drug-likeness (QED) is 0.863. The molecule has 1 saturated carbocycles. The first-order valence-electron chi connectivity index (χ1n) is 6.42. The summed E-state index contributed by atoms with van der Waals surface area (Å²) >= 11 is 4.78. The van der Waals surface area contributed by atoms with Crippen molar-refractivity contribution in [3.05, 3.63) is 29.6 Å². The lowest BCUT2D eigenvalue weighted by molar-refractivity contribution is 0.372. The standard InChI is InChI=1S/C13H17FN2O2S2/c1-16(9-5-2-3-6-9)20(17,18)11-8-4-7-10(14)12(11)13(15)19/h4,7-9H,2-3,5-6H2,1H3,(H2,15,19). The molecule has 0 spiro atoms. The van der Waals surface area contributed by atoms with Crippen LogP contribution in [0.1, 0.15) is 31.2 Å². The molecule has 4 nitrogen and oxygen atoms in total. The van der Waals surface area contributed by atoms with E-state index in [-0.39, 0.29) is 21.5 Å². The van der Waals surface area contributed by atoms with Gasteiger partial charge in [-0.25, -0.2) is 12.8 Å². The zero-order valence-electron chi connectivity index (χ0n) is 11.2. The molecule has 1 aromatic rings. The molecule has 1 fully saturated rings. The maximum Gasteiger partial charge on any atom is 0.243 e. The van der Waals surface area contributed by atoms with Crippen molar-refractivity contribution in [3.63, 3.8) is 0 Å². The first-order valence-corrected chi connectivity index (χ1v) is 8.27. The Hall–Kier alpha value is -1.05.